The summed E-state index contributed by atoms with van der Waals surface area (Å²) in [5.41, 5.74) is 10.4. The van der Waals surface area contributed by atoms with Gasteiger partial charge in [0.2, 0.25) is 0 Å². The Morgan fingerprint density at radius 1 is 1.24 bits per heavy atom. The molecular weight excluding hydrogens is 220 g/mol. The highest BCUT2D eigenvalue weighted by atomic mass is 16.2. The van der Waals surface area contributed by atoms with Crippen LogP contribution in [0.25, 0.3) is 0 Å². The van der Waals surface area contributed by atoms with Crippen molar-refractivity contribution in [2.24, 2.45) is 11.5 Å². The molecule has 4 N–H and O–H groups in total. The van der Waals surface area contributed by atoms with Gasteiger partial charge in [-0.3, -0.25) is 9.59 Å². The lowest BCUT2D eigenvalue weighted by molar-refractivity contribution is 0.0959. The van der Waals surface area contributed by atoms with Crippen LogP contribution in [0.1, 0.15) is 53.6 Å². The molecule has 6 nitrogen and oxygen atoms in total. The average molecular weight is 238 g/mol. The lowest BCUT2D eigenvalue weighted by Gasteiger charge is -2.05. The van der Waals surface area contributed by atoms with E-state index in [1.54, 1.807) is 4.57 Å². The summed E-state index contributed by atoms with van der Waals surface area (Å²) in [5, 5.41) is 0. The summed E-state index contributed by atoms with van der Waals surface area (Å²) >= 11 is 0. The Kier molecular flexibility index (Phi) is 4.68. The van der Waals surface area contributed by atoms with E-state index in [1.807, 2.05) is 0 Å². The number of aryl methyl sites for hydroxylation is 1. The predicted molar refractivity (Wildman–Crippen MR) is 63.4 cm³/mol. The zero-order valence-corrected chi connectivity index (χ0v) is 9.98. The number of nitrogens with zero attached hydrogens (tertiary/aromatic N) is 2. The van der Waals surface area contributed by atoms with Gasteiger partial charge in [-0.05, 0) is 6.42 Å². The summed E-state index contributed by atoms with van der Waals surface area (Å²) in [5.74, 6) is -1.40. The van der Waals surface area contributed by atoms with Crippen LogP contribution in [0, 0.1) is 0 Å². The molecule has 94 valence electrons. The van der Waals surface area contributed by atoms with Crippen LogP contribution in [0.5, 0.6) is 0 Å². The summed E-state index contributed by atoms with van der Waals surface area (Å²) in [6, 6.07) is 0. The number of imidazole rings is 1. The SMILES string of the molecule is CCCCCCn1cnc(C(N)=O)c1C(N)=O. The summed E-state index contributed by atoms with van der Waals surface area (Å²) in [7, 11) is 0. The fourth-order valence-corrected chi connectivity index (χ4v) is 1.70. The van der Waals surface area contributed by atoms with E-state index in [-0.39, 0.29) is 11.4 Å². The summed E-state index contributed by atoms with van der Waals surface area (Å²) in [6.45, 7) is 2.75. The molecule has 0 aliphatic carbocycles. The van der Waals surface area contributed by atoms with Crippen LogP contribution in [0.4, 0.5) is 0 Å². The van der Waals surface area contributed by atoms with Gasteiger partial charge < -0.3 is 16.0 Å². The number of aromatic nitrogens is 2. The smallest absolute Gasteiger partial charge is 0.269 e. The molecule has 0 saturated heterocycles. The Balaban J connectivity index is 2.78. The van der Waals surface area contributed by atoms with Gasteiger partial charge in [0.15, 0.2) is 5.69 Å². The molecule has 0 atom stereocenters. The van der Waals surface area contributed by atoms with Crippen LogP contribution in [0.2, 0.25) is 0 Å². The maximum Gasteiger partial charge on any atom is 0.269 e. The molecule has 1 heterocycles. The fraction of sp³-hybridized carbons (Fsp3) is 0.545. The van der Waals surface area contributed by atoms with Crippen molar-refractivity contribution in [3.05, 3.63) is 17.7 Å². The van der Waals surface area contributed by atoms with Crippen LogP contribution >= 0.6 is 0 Å². The second-order valence-corrected chi connectivity index (χ2v) is 3.92. The van der Waals surface area contributed by atoms with Gasteiger partial charge in [-0.2, -0.15) is 0 Å². The minimum absolute atomic E-state index is 0.0482. The molecule has 6 heteroatoms. The summed E-state index contributed by atoms with van der Waals surface area (Å²) < 4.78 is 1.60. The molecule has 0 spiro atoms. The van der Waals surface area contributed by atoms with Crippen molar-refractivity contribution in [2.75, 3.05) is 0 Å². The Morgan fingerprint density at radius 3 is 2.47 bits per heavy atom. The van der Waals surface area contributed by atoms with Crippen molar-refractivity contribution in [3.8, 4) is 0 Å². The molecule has 0 fully saturated rings. The zero-order valence-electron chi connectivity index (χ0n) is 9.98. The summed E-state index contributed by atoms with van der Waals surface area (Å²) in [4.78, 5) is 26.1. The van der Waals surface area contributed by atoms with Crippen LogP contribution in [-0.2, 0) is 6.54 Å². The van der Waals surface area contributed by atoms with E-state index in [4.69, 9.17) is 11.5 Å². The predicted octanol–water partition coefficient (Wildman–Crippen LogP) is 0.661. The highest BCUT2D eigenvalue weighted by Gasteiger charge is 2.19. The van der Waals surface area contributed by atoms with Crippen molar-refractivity contribution >= 4 is 11.8 Å². The first kappa shape index (κ1) is 13.2. The van der Waals surface area contributed by atoms with Crippen molar-refractivity contribution < 1.29 is 9.59 Å². The van der Waals surface area contributed by atoms with E-state index in [9.17, 15) is 9.59 Å². The minimum Gasteiger partial charge on any atom is -0.364 e. The van der Waals surface area contributed by atoms with E-state index in [0.29, 0.717) is 6.54 Å². The van der Waals surface area contributed by atoms with Gasteiger partial charge in [0, 0.05) is 6.54 Å². The maximum atomic E-state index is 11.3. The van der Waals surface area contributed by atoms with Gasteiger partial charge in [0.05, 0.1) is 6.33 Å². The van der Waals surface area contributed by atoms with E-state index >= 15 is 0 Å². The van der Waals surface area contributed by atoms with Gasteiger partial charge in [-0.15, -0.1) is 0 Å². The molecule has 1 aromatic rings. The second kappa shape index (κ2) is 6.03. The zero-order chi connectivity index (χ0) is 12.8. The number of unbranched alkanes of at least 4 members (excludes halogenated alkanes) is 3. The molecular formula is C11H18N4O2. The van der Waals surface area contributed by atoms with Gasteiger partial charge in [-0.1, -0.05) is 26.2 Å². The van der Waals surface area contributed by atoms with Crippen molar-refractivity contribution in [3.63, 3.8) is 0 Å². The number of amides is 2. The fourth-order valence-electron chi connectivity index (χ4n) is 1.70. The number of hydrogen-bond donors (Lipinski definition) is 2. The molecule has 0 radical (unpaired) electrons. The number of carbonyl (C=O) groups excluding carboxylic acids is 2. The molecule has 0 aromatic carbocycles. The first-order chi connectivity index (χ1) is 8.07. The highest BCUT2D eigenvalue weighted by molar-refractivity contribution is 6.03. The maximum absolute atomic E-state index is 11.3. The standard InChI is InChI=1S/C11H18N4O2/c1-2-3-4-5-6-15-7-14-8(10(12)16)9(15)11(13)17/h7H,2-6H2,1H3,(H2,12,16)(H2,13,17). The molecule has 0 aliphatic heterocycles. The molecule has 2 amide bonds. The highest BCUT2D eigenvalue weighted by Crippen LogP contribution is 2.09. The van der Waals surface area contributed by atoms with Crippen LogP contribution in [0.15, 0.2) is 6.33 Å². The molecule has 0 unspecified atom stereocenters. The third-order valence-corrected chi connectivity index (χ3v) is 2.56. The third-order valence-electron chi connectivity index (χ3n) is 2.56. The van der Waals surface area contributed by atoms with E-state index in [1.165, 1.54) is 6.33 Å². The summed E-state index contributed by atoms with van der Waals surface area (Å²) in [6.07, 6.45) is 5.70. The Bertz CT molecular complexity index is 412. The van der Waals surface area contributed by atoms with Crippen LogP contribution < -0.4 is 11.5 Å². The van der Waals surface area contributed by atoms with Gasteiger partial charge >= 0.3 is 0 Å². The number of rotatable bonds is 7. The van der Waals surface area contributed by atoms with Crippen molar-refractivity contribution in [1.29, 1.82) is 0 Å². The second-order valence-electron chi connectivity index (χ2n) is 3.92. The van der Waals surface area contributed by atoms with Gasteiger partial charge in [0.1, 0.15) is 5.69 Å². The molecule has 17 heavy (non-hydrogen) atoms. The molecule has 0 saturated carbocycles. The van der Waals surface area contributed by atoms with Crippen molar-refractivity contribution in [1.82, 2.24) is 9.55 Å². The van der Waals surface area contributed by atoms with Crippen molar-refractivity contribution in [2.45, 2.75) is 39.2 Å². The van der Waals surface area contributed by atoms with Crippen LogP contribution in [-0.4, -0.2) is 21.4 Å². The number of primary amides is 2. The quantitative estimate of drug-likeness (QED) is 0.682. The molecule has 1 rings (SSSR count). The van der Waals surface area contributed by atoms with E-state index < -0.39 is 11.8 Å². The van der Waals surface area contributed by atoms with Gasteiger partial charge in [-0.25, -0.2) is 4.98 Å². The third kappa shape index (κ3) is 3.30. The molecule has 1 aromatic heterocycles. The average Bonchev–Trinajstić information content (AvgIpc) is 2.68. The normalized spacial score (nSPS) is 10.4. The van der Waals surface area contributed by atoms with E-state index in [0.717, 1.165) is 25.7 Å². The number of hydrogen-bond acceptors (Lipinski definition) is 3. The molecule has 0 aliphatic rings. The Hall–Kier alpha value is -1.85. The Labute approximate surface area is 100.0 Å². The minimum atomic E-state index is -0.730. The van der Waals surface area contributed by atoms with Crippen LogP contribution in [0.3, 0.4) is 0 Å². The van der Waals surface area contributed by atoms with E-state index in [2.05, 4.69) is 11.9 Å². The number of nitrogens with two attached hydrogens (primary N) is 2. The Morgan fingerprint density at radius 2 is 1.94 bits per heavy atom. The topological polar surface area (TPSA) is 104 Å². The lowest BCUT2D eigenvalue weighted by Crippen LogP contribution is -2.23. The largest absolute Gasteiger partial charge is 0.364 e. The monoisotopic (exact) mass is 238 g/mol. The molecule has 0 bridgehead atoms. The lowest BCUT2D eigenvalue weighted by atomic mass is 10.2. The number of carbonyl (C=O) groups is 2. The first-order valence-corrected chi connectivity index (χ1v) is 5.72. The first-order valence-electron chi connectivity index (χ1n) is 5.72. The van der Waals surface area contributed by atoms with Gasteiger partial charge in [0.25, 0.3) is 11.8 Å².